The Kier molecular flexibility index (Phi) is 37.3. The number of aromatic amines is 1. The van der Waals surface area contributed by atoms with Crippen LogP contribution in [0.25, 0.3) is 117 Å². The maximum absolute atomic E-state index is 14.4. The Morgan fingerprint density at radius 1 is 0.396 bits per heavy atom. The van der Waals surface area contributed by atoms with Crippen LogP contribution in [0.5, 0.6) is 5.75 Å². The van der Waals surface area contributed by atoms with Gasteiger partial charge in [-0.1, -0.05) is 65.1 Å². The summed E-state index contributed by atoms with van der Waals surface area (Å²) in [5.41, 5.74) is 26.4. The van der Waals surface area contributed by atoms with Gasteiger partial charge in [0.2, 0.25) is 5.95 Å². The molecule has 0 bridgehead atoms. The summed E-state index contributed by atoms with van der Waals surface area (Å²) in [4.78, 5) is 108. The Bertz CT molecular complexity index is 7400. The molecule has 0 atom stereocenters. The topological polar surface area (TPSA) is 439 Å². The highest BCUT2D eigenvalue weighted by molar-refractivity contribution is 9.10. The van der Waals surface area contributed by atoms with E-state index >= 15 is 0 Å². The number of fused-ring (bicyclic) bond motifs is 4. The van der Waals surface area contributed by atoms with Crippen molar-refractivity contribution in [2.24, 2.45) is 0 Å². The van der Waals surface area contributed by atoms with Crippen molar-refractivity contribution in [3.05, 3.63) is 369 Å². The van der Waals surface area contributed by atoms with Crippen LogP contribution in [-0.2, 0) is 14.2 Å². The van der Waals surface area contributed by atoms with Crippen molar-refractivity contribution < 1.29 is 47.1 Å². The number of nitrogens with two attached hydrogens (primary N) is 3. The number of ether oxygens (including phenoxy) is 3. The van der Waals surface area contributed by atoms with Crippen LogP contribution < -0.4 is 32.1 Å². The summed E-state index contributed by atoms with van der Waals surface area (Å²) < 4.78 is 51.2. The highest BCUT2D eigenvalue weighted by Crippen LogP contribution is 2.36. The number of halogens is 6. The minimum absolute atomic E-state index is 0.00370. The van der Waals surface area contributed by atoms with Gasteiger partial charge < -0.3 is 46.1 Å². The molecular formula is C104H95BBrCl3F2N25O8. The molecule has 0 aliphatic carbocycles. The molecule has 0 spiro atoms. The third kappa shape index (κ3) is 30.3. The second-order valence-electron chi connectivity index (χ2n) is 33.1. The van der Waals surface area contributed by atoms with Crippen molar-refractivity contribution in [2.45, 2.75) is 79.1 Å². The summed E-state index contributed by atoms with van der Waals surface area (Å²) in [5.74, 6) is 3.69. The number of nitrogens with one attached hydrogen (secondary N) is 2. The maximum atomic E-state index is 14.4. The number of carbonyl (C=O) groups is 3. The number of nitrogens with zero attached hydrogens (tertiary/aromatic N) is 20. The maximum Gasteiger partial charge on any atom is 0.569 e. The second kappa shape index (κ2) is 50.7. The highest BCUT2D eigenvalue weighted by Gasteiger charge is 2.36. The first kappa shape index (κ1) is 106. The summed E-state index contributed by atoms with van der Waals surface area (Å²) in [7, 11) is 1.12. The van der Waals surface area contributed by atoms with Gasteiger partial charge in [-0.05, 0) is 242 Å². The zero-order valence-corrected chi connectivity index (χ0v) is 83.0. The van der Waals surface area contributed by atoms with Crippen LogP contribution in [0.2, 0.25) is 15.5 Å². The number of nitrogen functional groups attached to an aromatic ring is 3. The van der Waals surface area contributed by atoms with Crippen LogP contribution in [0.15, 0.2) is 347 Å². The fourth-order valence-corrected chi connectivity index (χ4v) is 13.9. The van der Waals surface area contributed by atoms with E-state index in [1.54, 1.807) is 220 Å². The zero-order valence-electron chi connectivity index (χ0n) is 79.2. The van der Waals surface area contributed by atoms with Crippen LogP contribution in [0, 0.1) is 5.95 Å². The lowest BCUT2D eigenvalue weighted by atomic mass is 10.1. The van der Waals surface area contributed by atoms with Crippen molar-refractivity contribution in [3.63, 3.8) is 0 Å². The van der Waals surface area contributed by atoms with Crippen LogP contribution in [0.4, 0.5) is 52.3 Å². The van der Waals surface area contributed by atoms with Crippen LogP contribution in [0.1, 0.15) is 62.3 Å². The number of hydrogen-bond donors (Lipinski definition) is 6. The number of aromatic nitrogens is 20. The van der Waals surface area contributed by atoms with Gasteiger partial charge in [-0.3, -0.25) is 73.2 Å². The smallest absolute Gasteiger partial charge is 0.536 e. The van der Waals surface area contributed by atoms with Gasteiger partial charge in [0.25, 0.3) is 0 Å². The molecule has 33 nitrogen and oxygen atoms in total. The van der Waals surface area contributed by atoms with Gasteiger partial charge in [0.1, 0.15) is 78.7 Å². The highest BCUT2D eigenvalue weighted by atomic mass is 79.9. The van der Waals surface area contributed by atoms with Crippen LogP contribution >= 0.6 is 50.7 Å². The van der Waals surface area contributed by atoms with Gasteiger partial charge in [-0.15, -0.1) is 0 Å². The SMILES string of the molecule is CC(C)(C)OC(=O)N(C(=O)OC(C)(C)C)c1nc(Cl)ccc1-c1cccnc1.CC(C)(C)OC(=O)Nc1nc(-n2ccc3ccncc32)ccc1-c1cccnc1.CF.Fc1nc(-n2ccc3ccncc32)ccc1-c1cccnc1.Nc1nc(-n2ccc3ccncc32)ccc1-c1cccnc1.Nc1nc(Cl)ccc1-c1cccnc1.Nc1nc(Cl)ccc1Br.O[B]Oc1cccnc1.c1cc2cc[nH]c2cn1. The largest absolute Gasteiger partial charge is 0.569 e. The summed E-state index contributed by atoms with van der Waals surface area (Å²) in [6.07, 6.45) is 39.5. The van der Waals surface area contributed by atoms with E-state index in [9.17, 15) is 23.2 Å². The molecular weight excluding hydrogens is 1960 g/mol. The Hall–Kier alpha value is -17.0. The summed E-state index contributed by atoms with van der Waals surface area (Å²) in [6, 6.07) is 59.1. The third-order valence-electron chi connectivity index (χ3n) is 19.4. The van der Waals surface area contributed by atoms with Crippen molar-refractivity contribution in [1.82, 2.24) is 98.4 Å². The Morgan fingerprint density at radius 2 is 0.764 bits per heavy atom. The lowest BCUT2D eigenvalue weighted by molar-refractivity contribution is 0.0427. The van der Waals surface area contributed by atoms with E-state index < -0.39 is 41.0 Å². The van der Waals surface area contributed by atoms with E-state index in [1.165, 1.54) is 11.6 Å². The van der Waals surface area contributed by atoms with E-state index in [0.29, 0.717) is 88.1 Å². The van der Waals surface area contributed by atoms with Crippen molar-refractivity contribution in [1.29, 1.82) is 0 Å². The fraction of sp³-hybridized carbons (Fsp3) is 0.125. The number of amides is 3. The average molecular weight is 2060 g/mol. The molecule has 20 aromatic heterocycles. The molecule has 0 saturated carbocycles. The predicted octanol–water partition coefficient (Wildman–Crippen LogP) is 23.6. The first-order valence-corrected chi connectivity index (χ1v) is 45.6. The van der Waals surface area contributed by atoms with E-state index in [1.807, 2.05) is 193 Å². The second-order valence-corrected chi connectivity index (χ2v) is 35.1. The van der Waals surface area contributed by atoms with Gasteiger partial charge in [-0.2, -0.15) is 9.29 Å². The van der Waals surface area contributed by atoms with Gasteiger partial charge in [-0.25, -0.2) is 44.3 Å². The van der Waals surface area contributed by atoms with E-state index in [4.69, 9.17) is 76.2 Å². The Balaban J connectivity index is 0.000000151. The minimum atomic E-state index is -0.915. The van der Waals surface area contributed by atoms with Gasteiger partial charge in [0.05, 0.1) is 64.7 Å². The number of alkyl halides is 1. The zero-order chi connectivity index (χ0) is 103. The van der Waals surface area contributed by atoms with Gasteiger partial charge in [0.15, 0.2) is 5.82 Å². The molecule has 1 radical (unpaired) electrons. The van der Waals surface area contributed by atoms with E-state index in [0.717, 1.165) is 86.8 Å². The third-order valence-corrected chi connectivity index (χ3v) is 20.8. The summed E-state index contributed by atoms with van der Waals surface area (Å²) >= 11 is 20.5. The number of hydrogen-bond acceptors (Lipinski definition) is 27. The molecule has 144 heavy (non-hydrogen) atoms. The summed E-state index contributed by atoms with van der Waals surface area (Å²) in [5, 5.41) is 16.3. The Labute approximate surface area is 850 Å². The molecule has 0 aliphatic heterocycles. The van der Waals surface area contributed by atoms with E-state index in [2.05, 4.69) is 106 Å². The molecule has 0 unspecified atom stereocenters. The van der Waals surface area contributed by atoms with Crippen LogP contribution in [-0.4, -0.2) is 153 Å². The fourth-order valence-electron chi connectivity index (χ4n) is 13.2. The van der Waals surface area contributed by atoms with Gasteiger partial charge in [0, 0.05) is 195 Å². The normalized spacial score (nSPS) is 10.7. The standard InChI is InChI=1S/C22H21N5O2.C20H24ClN3O4.C17H11FN4.C17H13N5.C10H8ClN3.C7H6N2.C5H5BNO2.C5H4BrClN2.CH3F/c1-22(2,3)29-21(28)26-20-17(16-5-4-10-23-13-16)6-7-19(25-20)27-12-9-15-8-11-24-14-18(15)27;1-19(2,3)27-17(25)24(18(26)28-20(4,5)6)16-14(9-10-15(21)23-16)13-8-7-11-22-12-13;2*18-17-14(13-2-1-7-19-10-13)3-4-16(21-17)22-9-6-12-5-8-20-11-15(12)22;11-9-4-3-8(10(12)14-9)7-2-1-5-13-6-7;1-3-8-5-7-6(1)2-4-9-7;8-6-9-5-2-1-3-7-4-5;6-3-1-2-4(7)9-5(3)8;1-2/h4-14H,1-3H3,(H,25,26,28);7-12H,1-6H3;1-11H;1-11H,(H2,18,21);1-6H,(H2,12,14);1-5,9H;1-4,8H;1-2H,(H2,8,9);1H3. The van der Waals surface area contributed by atoms with Crippen LogP contribution in [0.3, 0.4) is 0 Å². The number of rotatable bonds is 12. The number of imide groups is 1. The molecule has 3 amide bonds. The average Bonchev–Trinajstić information content (AvgIpc) is 1.26. The number of pyridine rings is 16. The predicted molar refractivity (Wildman–Crippen MR) is 562 cm³/mol. The first-order valence-electron chi connectivity index (χ1n) is 43.7. The Morgan fingerprint density at radius 3 is 1.17 bits per heavy atom. The summed E-state index contributed by atoms with van der Waals surface area (Å²) in [6.45, 7) is 15.7. The molecule has 0 aliphatic rings. The lowest BCUT2D eigenvalue weighted by Crippen LogP contribution is -2.44. The lowest BCUT2D eigenvalue weighted by Gasteiger charge is -2.29. The molecule has 0 fully saturated rings. The first-order chi connectivity index (χ1) is 69.3. The molecule has 20 rings (SSSR count). The molecule has 40 heteroatoms. The van der Waals surface area contributed by atoms with Crippen molar-refractivity contribution >= 4 is 149 Å². The minimum Gasteiger partial charge on any atom is -0.536 e. The van der Waals surface area contributed by atoms with Crippen molar-refractivity contribution in [3.8, 4) is 78.8 Å². The van der Waals surface area contributed by atoms with Crippen molar-refractivity contribution in [2.75, 3.05) is 34.6 Å². The molecule has 0 saturated heterocycles. The molecule has 9 N–H and O–H groups in total. The molecule has 0 aromatic carbocycles. The van der Waals surface area contributed by atoms with E-state index in [-0.39, 0.29) is 11.0 Å². The van der Waals surface area contributed by atoms with Gasteiger partial charge >= 0.3 is 26.0 Å². The molecule has 20 aromatic rings. The number of H-pyrrole nitrogens is 1. The number of anilines is 5. The number of carbonyl (C=O) groups excluding carboxylic acids is 3. The molecule has 729 valence electrons. The molecule has 20 heterocycles. The monoisotopic (exact) mass is 2050 g/mol. The quantitative estimate of drug-likeness (QED) is 0.0376.